The molecule has 0 saturated carbocycles. The minimum absolute atomic E-state index is 0.264. The minimum Gasteiger partial charge on any atom is -0.492 e. The fourth-order valence-corrected chi connectivity index (χ4v) is 5.18. The average Bonchev–Trinajstić information content (AvgIpc) is 3.34. The largest absolute Gasteiger partial charge is 0.492 e. The first-order valence-electron chi connectivity index (χ1n) is 13.9. The smallest absolute Gasteiger partial charge is 0.336 e. The molecule has 0 aliphatic carbocycles. The lowest BCUT2D eigenvalue weighted by Crippen LogP contribution is -2.43. The molecule has 0 aliphatic rings. The van der Waals surface area contributed by atoms with Crippen molar-refractivity contribution in [2.45, 2.75) is 58.6 Å². The number of carboxylic acids is 1. The highest BCUT2D eigenvalue weighted by atomic mass is 19.1. The minimum atomic E-state index is -1.23. The first-order valence-corrected chi connectivity index (χ1v) is 13.9. The summed E-state index contributed by atoms with van der Waals surface area (Å²) in [5.74, 6) is -0.228. The monoisotopic (exact) mass is 543 g/mol. The van der Waals surface area contributed by atoms with Crippen molar-refractivity contribution >= 4 is 5.97 Å². The molecule has 0 radical (unpaired) electrons. The molecule has 1 N–H and O–H groups in total. The number of ether oxygens (including phenoxy) is 2. The summed E-state index contributed by atoms with van der Waals surface area (Å²) in [6.07, 6.45) is 0.669. The van der Waals surface area contributed by atoms with E-state index in [2.05, 4.69) is 36.6 Å². The Hall–Kier alpha value is -3.90. The second-order valence-corrected chi connectivity index (χ2v) is 10.3. The maximum atomic E-state index is 13.8. The third-order valence-corrected chi connectivity index (χ3v) is 7.30. The standard InChI is InChI=1S/C34H38FNO4/c1-5-34(33(37)38,40-6-2)23-25-12-18-29(19-13-25)39-21-20-36-31(24(3)4)22-30(26-10-8-7-9-11-26)32(36)27-14-16-28(35)17-15-27/h7-19,22,24H,5-6,20-21,23H2,1-4H3,(H,37,38). The Morgan fingerprint density at radius 3 is 2.20 bits per heavy atom. The number of hydrogen-bond donors (Lipinski definition) is 1. The Kier molecular flexibility index (Phi) is 9.43. The number of aromatic nitrogens is 1. The van der Waals surface area contributed by atoms with Crippen molar-refractivity contribution in [3.63, 3.8) is 0 Å². The summed E-state index contributed by atoms with van der Waals surface area (Å²) >= 11 is 0. The van der Waals surface area contributed by atoms with Crippen LogP contribution in [-0.4, -0.2) is 34.5 Å². The van der Waals surface area contributed by atoms with Gasteiger partial charge in [0, 0.05) is 24.3 Å². The van der Waals surface area contributed by atoms with Crippen LogP contribution in [0.15, 0.2) is 84.9 Å². The number of hydrogen-bond acceptors (Lipinski definition) is 3. The number of carboxylic acid groups (broad SMARTS) is 1. The third kappa shape index (κ3) is 6.45. The summed E-state index contributed by atoms with van der Waals surface area (Å²) in [4.78, 5) is 11.9. The van der Waals surface area contributed by atoms with Crippen LogP contribution < -0.4 is 4.74 Å². The van der Waals surface area contributed by atoms with Crippen molar-refractivity contribution in [2.24, 2.45) is 0 Å². The average molecular weight is 544 g/mol. The van der Waals surface area contributed by atoms with Gasteiger partial charge in [-0.15, -0.1) is 0 Å². The molecule has 0 bridgehead atoms. The van der Waals surface area contributed by atoms with E-state index in [0.29, 0.717) is 31.9 Å². The fourth-order valence-electron chi connectivity index (χ4n) is 5.18. The molecule has 1 atom stereocenters. The first-order chi connectivity index (χ1) is 19.3. The van der Waals surface area contributed by atoms with E-state index in [-0.39, 0.29) is 18.2 Å². The van der Waals surface area contributed by atoms with E-state index in [9.17, 15) is 14.3 Å². The zero-order valence-electron chi connectivity index (χ0n) is 23.7. The van der Waals surface area contributed by atoms with E-state index < -0.39 is 11.6 Å². The van der Waals surface area contributed by atoms with Gasteiger partial charge in [0.25, 0.3) is 0 Å². The summed E-state index contributed by atoms with van der Waals surface area (Å²) in [5.41, 5.74) is 5.02. The molecule has 5 nitrogen and oxygen atoms in total. The molecular weight excluding hydrogens is 505 g/mol. The normalized spacial score (nSPS) is 12.8. The molecule has 3 aromatic carbocycles. The lowest BCUT2D eigenvalue weighted by atomic mass is 9.91. The van der Waals surface area contributed by atoms with Crippen molar-refractivity contribution in [3.05, 3.63) is 102 Å². The van der Waals surface area contributed by atoms with Gasteiger partial charge in [-0.2, -0.15) is 0 Å². The van der Waals surface area contributed by atoms with Gasteiger partial charge < -0.3 is 19.1 Å². The van der Waals surface area contributed by atoms with Crippen LogP contribution >= 0.6 is 0 Å². The van der Waals surface area contributed by atoms with Crippen molar-refractivity contribution in [1.82, 2.24) is 4.57 Å². The van der Waals surface area contributed by atoms with Crippen molar-refractivity contribution in [3.8, 4) is 28.1 Å². The van der Waals surface area contributed by atoms with E-state index in [1.807, 2.05) is 68.4 Å². The molecular formula is C34H38FNO4. The molecule has 0 amide bonds. The van der Waals surface area contributed by atoms with E-state index >= 15 is 0 Å². The number of benzene rings is 3. The molecule has 0 spiro atoms. The predicted molar refractivity (Wildman–Crippen MR) is 157 cm³/mol. The van der Waals surface area contributed by atoms with Gasteiger partial charge in [-0.25, -0.2) is 9.18 Å². The number of nitrogens with zero attached hydrogens (tertiary/aromatic N) is 1. The van der Waals surface area contributed by atoms with Crippen LogP contribution in [0, 0.1) is 5.82 Å². The SMILES string of the molecule is CCOC(CC)(Cc1ccc(OCCn2c(C(C)C)cc(-c3ccccc3)c2-c2ccc(F)cc2)cc1)C(=O)O. The second-order valence-electron chi connectivity index (χ2n) is 10.3. The van der Waals surface area contributed by atoms with Crippen LogP contribution in [0.4, 0.5) is 4.39 Å². The lowest BCUT2D eigenvalue weighted by Gasteiger charge is -2.28. The number of rotatable bonds is 13. The van der Waals surface area contributed by atoms with E-state index in [1.54, 1.807) is 0 Å². The maximum absolute atomic E-state index is 13.8. The molecule has 1 aromatic heterocycles. The maximum Gasteiger partial charge on any atom is 0.336 e. The summed E-state index contributed by atoms with van der Waals surface area (Å²) in [6.45, 7) is 9.36. The zero-order valence-corrected chi connectivity index (χ0v) is 23.7. The van der Waals surface area contributed by atoms with Gasteiger partial charge in [-0.1, -0.05) is 63.2 Å². The van der Waals surface area contributed by atoms with Crippen LogP contribution in [0.2, 0.25) is 0 Å². The quantitative estimate of drug-likeness (QED) is 0.186. The molecule has 1 unspecified atom stereocenters. The van der Waals surface area contributed by atoms with Crippen LogP contribution in [0.25, 0.3) is 22.4 Å². The van der Waals surface area contributed by atoms with E-state index in [4.69, 9.17) is 9.47 Å². The van der Waals surface area contributed by atoms with Crippen LogP contribution in [0.5, 0.6) is 5.75 Å². The Bertz CT molecular complexity index is 1390. The summed E-state index contributed by atoms with van der Waals surface area (Å²) in [7, 11) is 0. The molecule has 0 fully saturated rings. The Balaban J connectivity index is 1.57. The highest BCUT2D eigenvalue weighted by Gasteiger charge is 2.37. The van der Waals surface area contributed by atoms with Gasteiger partial charge in [-0.3, -0.25) is 0 Å². The number of aliphatic carboxylic acids is 1. The zero-order chi connectivity index (χ0) is 28.7. The van der Waals surface area contributed by atoms with Crippen molar-refractivity contribution < 1.29 is 23.8 Å². The van der Waals surface area contributed by atoms with Gasteiger partial charge in [0.05, 0.1) is 12.2 Å². The highest BCUT2D eigenvalue weighted by Crippen LogP contribution is 2.38. The molecule has 210 valence electrons. The summed E-state index contributed by atoms with van der Waals surface area (Å²) < 4.78 is 27.9. The van der Waals surface area contributed by atoms with Crippen molar-refractivity contribution in [1.29, 1.82) is 0 Å². The first kappa shape index (κ1) is 29.1. The van der Waals surface area contributed by atoms with E-state index in [1.165, 1.54) is 17.8 Å². The molecule has 4 aromatic rings. The van der Waals surface area contributed by atoms with Gasteiger partial charge in [-0.05, 0) is 78.4 Å². The van der Waals surface area contributed by atoms with Crippen molar-refractivity contribution in [2.75, 3.05) is 13.2 Å². The molecule has 40 heavy (non-hydrogen) atoms. The molecule has 0 saturated heterocycles. The second kappa shape index (κ2) is 13.0. The molecule has 4 rings (SSSR count). The van der Waals surface area contributed by atoms with Gasteiger partial charge in [0.15, 0.2) is 5.60 Å². The molecule has 1 heterocycles. The number of carbonyl (C=O) groups is 1. The van der Waals surface area contributed by atoms with Crippen LogP contribution in [0.1, 0.15) is 51.3 Å². The Labute approximate surface area is 236 Å². The Morgan fingerprint density at radius 1 is 0.950 bits per heavy atom. The van der Waals surface area contributed by atoms with Gasteiger partial charge in [0.2, 0.25) is 0 Å². The summed E-state index contributed by atoms with van der Waals surface area (Å²) in [5, 5.41) is 9.78. The Morgan fingerprint density at radius 2 is 1.62 bits per heavy atom. The van der Waals surface area contributed by atoms with Gasteiger partial charge >= 0.3 is 5.97 Å². The summed E-state index contributed by atoms with van der Waals surface area (Å²) in [6, 6.07) is 26.7. The van der Waals surface area contributed by atoms with Crippen LogP contribution in [0.3, 0.4) is 0 Å². The topological polar surface area (TPSA) is 60.7 Å². The third-order valence-electron chi connectivity index (χ3n) is 7.30. The van der Waals surface area contributed by atoms with Crippen LogP contribution in [-0.2, 0) is 22.5 Å². The predicted octanol–water partition coefficient (Wildman–Crippen LogP) is 7.98. The molecule has 6 heteroatoms. The van der Waals surface area contributed by atoms with Gasteiger partial charge in [0.1, 0.15) is 18.2 Å². The number of halogens is 1. The lowest BCUT2D eigenvalue weighted by molar-refractivity contribution is -0.166. The van der Waals surface area contributed by atoms with E-state index in [0.717, 1.165) is 27.9 Å². The highest BCUT2D eigenvalue weighted by molar-refractivity contribution is 5.83. The fraction of sp³-hybridized carbons (Fsp3) is 0.324. The molecule has 0 aliphatic heterocycles.